The predicted molar refractivity (Wildman–Crippen MR) is 124 cm³/mol. The number of ether oxygens (including phenoxy) is 1. The topological polar surface area (TPSA) is 120 Å². The van der Waals surface area contributed by atoms with E-state index in [0.717, 1.165) is 6.26 Å². The van der Waals surface area contributed by atoms with Gasteiger partial charge in [-0.25, -0.2) is 13.4 Å². The van der Waals surface area contributed by atoms with Crippen molar-refractivity contribution in [2.75, 3.05) is 13.4 Å². The van der Waals surface area contributed by atoms with Crippen molar-refractivity contribution in [2.45, 2.75) is 11.9 Å². The number of hydrogen-bond acceptors (Lipinski definition) is 7. The zero-order valence-corrected chi connectivity index (χ0v) is 19.6. The number of aromatic amines is 1. The van der Waals surface area contributed by atoms with Crippen molar-refractivity contribution in [3.8, 4) is 28.3 Å². The van der Waals surface area contributed by atoms with Gasteiger partial charge in [-0.15, -0.1) is 0 Å². The standard InChI is InChI=1S/C23H17F3N4O5S/c1-34-14-9-6-10-15-18(14)28-21(35-15)17-13(11-36(2,32)33)27-20-16(12-7-4-3-5-8-12)19(23(24,25)26)29-30(20)22(17)31/h3-10,27H,11H2,1-2H3. The third-order valence-corrected chi connectivity index (χ3v) is 6.23. The Labute approximate surface area is 201 Å². The molecular formula is C23H17F3N4O5S. The number of hydrogen-bond donors (Lipinski definition) is 1. The zero-order chi connectivity index (χ0) is 25.8. The van der Waals surface area contributed by atoms with E-state index in [0.29, 0.717) is 10.3 Å². The fraction of sp³-hybridized carbons (Fsp3) is 0.174. The molecule has 0 atom stereocenters. The Morgan fingerprint density at radius 1 is 1.08 bits per heavy atom. The molecule has 9 nitrogen and oxygen atoms in total. The number of alkyl halides is 3. The normalized spacial score (nSPS) is 12.5. The van der Waals surface area contributed by atoms with Gasteiger partial charge in [-0.2, -0.15) is 22.8 Å². The summed E-state index contributed by atoms with van der Waals surface area (Å²) in [6, 6.07) is 12.3. The van der Waals surface area contributed by atoms with Gasteiger partial charge in [0.1, 0.15) is 17.0 Å². The summed E-state index contributed by atoms with van der Waals surface area (Å²) in [5.41, 5.74) is -2.95. The molecule has 186 valence electrons. The summed E-state index contributed by atoms with van der Waals surface area (Å²) in [5.74, 6) is -0.652. The minimum atomic E-state index is -4.90. The van der Waals surface area contributed by atoms with E-state index in [1.54, 1.807) is 24.3 Å². The van der Waals surface area contributed by atoms with E-state index in [-0.39, 0.29) is 45.0 Å². The zero-order valence-electron chi connectivity index (χ0n) is 18.8. The first-order valence-corrected chi connectivity index (χ1v) is 12.5. The maximum Gasteiger partial charge on any atom is 0.435 e. The van der Waals surface area contributed by atoms with Gasteiger partial charge in [-0.3, -0.25) is 4.79 Å². The Balaban J connectivity index is 1.90. The second-order valence-corrected chi connectivity index (χ2v) is 10.2. The number of H-pyrrole nitrogens is 1. The number of nitrogens with zero attached hydrogens (tertiary/aromatic N) is 3. The summed E-state index contributed by atoms with van der Waals surface area (Å²) in [6.07, 6.45) is -3.97. The van der Waals surface area contributed by atoms with Crippen LogP contribution in [0.15, 0.2) is 57.7 Å². The molecule has 0 unspecified atom stereocenters. The lowest BCUT2D eigenvalue weighted by Gasteiger charge is -2.09. The Hall–Kier alpha value is -4.13. The maximum absolute atomic E-state index is 14.0. The number of fused-ring (bicyclic) bond motifs is 2. The molecule has 0 fully saturated rings. The molecule has 0 saturated carbocycles. The molecule has 1 N–H and O–H groups in total. The fourth-order valence-corrected chi connectivity index (χ4v) is 4.72. The molecule has 0 aliphatic heterocycles. The molecular weight excluding hydrogens is 501 g/mol. The van der Waals surface area contributed by atoms with Crippen LogP contribution in [0, 0.1) is 0 Å². The molecule has 0 aliphatic rings. The number of methoxy groups -OCH3 is 1. The van der Waals surface area contributed by atoms with Crippen molar-refractivity contribution in [1.82, 2.24) is 19.6 Å². The Kier molecular flexibility index (Phi) is 5.39. The lowest BCUT2D eigenvalue weighted by molar-refractivity contribution is -0.140. The summed E-state index contributed by atoms with van der Waals surface area (Å²) in [4.78, 5) is 20.6. The number of oxazole rings is 1. The number of halogens is 3. The third-order valence-electron chi connectivity index (χ3n) is 5.42. The predicted octanol–water partition coefficient (Wildman–Crippen LogP) is 4.07. The summed E-state index contributed by atoms with van der Waals surface area (Å²) < 4.78 is 77.9. The van der Waals surface area contributed by atoms with Crippen molar-refractivity contribution in [3.63, 3.8) is 0 Å². The smallest absolute Gasteiger partial charge is 0.435 e. The average molecular weight is 518 g/mol. The SMILES string of the molecule is COc1cccc2oc(-c3c(CS(C)(=O)=O)[nH]c4c(-c5ccccc5)c(C(F)(F)F)nn4c3=O)nc12. The Bertz CT molecular complexity index is 1790. The highest BCUT2D eigenvalue weighted by Crippen LogP contribution is 2.39. The van der Waals surface area contributed by atoms with Crippen LogP contribution in [0.2, 0.25) is 0 Å². The number of aromatic nitrogens is 4. The molecule has 0 spiro atoms. The molecule has 0 amide bonds. The van der Waals surface area contributed by atoms with E-state index in [1.165, 1.54) is 31.4 Å². The van der Waals surface area contributed by atoms with Crippen LogP contribution < -0.4 is 10.3 Å². The number of sulfone groups is 1. The highest BCUT2D eigenvalue weighted by molar-refractivity contribution is 7.89. The monoisotopic (exact) mass is 518 g/mol. The van der Waals surface area contributed by atoms with E-state index in [2.05, 4.69) is 15.1 Å². The van der Waals surface area contributed by atoms with E-state index in [4.69, 9.17) is 9.15 Å². The first-order valence-electron chi connectivity index (χ1n) is 10.4. The number of nitrogens with one attached hydrogen (secondary N) is 1. The summed E-state index contributed by atoms with van der Waals surface area (Å²) in [6.45, 7) is 0. The molecule has 0 aliphatic carbocycles. The molecule has 0 radical (unpaired) electrons. The minimum Gasteiger partial charge on any atom is -0.494 e. The highest BCUT2D eigenvalue weighted by atomic mass is 32.2. The minimum absolute atomic E-state index is 0.139. The van der Waals surface area contributed by atoms with Gasteiger partial charge in [0.15, 0.2) is 26.6 Å². The summed E-state index contributed by atoms with van der Waals surface area (Å²) in [7, 11) is -2.34. The molecule has 5 aromatic rings. The van der Waals surface area contributed by atoms with Gasteiger partial charge in [0.25, 0.3) is 5.56 Å². The van der Waals surface area contributed by atoms with Crippen LogP contribution in [0.4, 0.5) is 13.2 Å². The van der Waals surface area contributed by atoms with Crippen molar-refractivity contribution >= 4 is 26.6 Å². The molecule has 2 aromatic carbocycles. The van der Waals surface area contributed by atoms with E-state index >= 15 is 0 Å². The van der Waals surface area contributed by atoms with Crippen molar-refractivity contribution in [1.29, 1.82) is 0 Å². The largest absolute Gasteiger partial charge is 0.494 e. The lowest BCUT2D eigenvalue weighted by atomic mass is 10.1. The van der Waals surface area contributed by atoms with Gasteiger partial charge in [0.2, 0.25) is 5.89 Å². The van der Waals surface area contributed by atoms with Crippen LogP contribution in [0.25, 0.3) is 39.3 Å². The fourth-order valence-electron chi connectivity index (χ4n) is 3.98. The maximum atomic E-state index is 14.0. The summed E-state index contributed by atoms with van der Waals surface area (Å²) >= 11 is 0. The Morgan fingerprint density at radius 2 is 1.81 bits per heavy atom. The second kappa shape index (κ2) is 8.22. The van der Waals surface area contributed by atoms with E-state index in [9.17, 15) is 26.4 Å². The average Bonchev–Trinajstić information content (AvgIpc) is 3.40. The van der Waals surface area contributed by atoms with Gasteiger partial charge >= 0.3 is 6.18 Å². The van der Waals surface area contributed by atoms with E-state index < -0.39 is 33.0 Å². The molecule has 3 aromatic heterocycles. The highest BCUT2D eigenvalue weighted by Gasteiger charge is 2.40. The molecule has 13 heteroatoms. The lowest BCUT2D eigenvalue weighted by Crippen LogP contribution is -2.22. The van der Waals surface area contributed by atoms with Crippen LogP contribution in [0.3, 0.4) is 0 Å². The van der Waals surface area contributed by atoms with Crippen LogP contribution in [0.5, 0.6) is 5.75 Å². The van der Waals surface area contributed by atoms with Crippen molar-refractivity contribution in [3.05, 3.63) is 70.3 Å². The van der Waals surface area contributed by atoms with Crippen LogP contribution in [-0.4, -0.2) is 41.4 Å². The van der Waals surface area contributed by atoms with Gasteiger partial charge < -0.3 is 14.1 Å². The quantitative estimate of drug-likeness (QED) is 0.373. The first kappa shape index (κ1) is 23.6. The van der Waals surface area contributed by atoms with Gasteiger partial charge in [-0.1, -0.05) is 36.4 Å². The van der Waals surface area contributed by atoms with Gasteiger partial charge in [0, 0.05) is 6.26 Å². The number of rotatable bonds is 5. The van der Waals surface area contributed by atoms with Gasteiger partial charge in [0.05, 0.1) is 24.1 Å². The van der Waals surface area contributed by atoms with Crippen molar-refractivity contribution in [2.24, 2.45) is 0 Å². The van der Waals surface area contributed by atoms with Crippen LogP contribution in [-0.2, 0) is 21.8 Å². The number of benzene rings is 2. The second-order valence-electron chi connectivity index (χ2n) is 8.03. The van der Waals surface area contributed by atoms with Gasteiger partial charge in [-0.05, 0) is 17.7 Å². The molecule has 36 heavy (non-hydrogen) atoms. The number of para-hydroxylation sites is 1. The molecule has 5 rings (SSSR count). The summed E-state index contributed by atoms with van der Waals surface area (Å²) in [5, 5.41) is 3.58. The van der Waals surface area contributed by atoms with Crippen LogP contribution >= 0.6 is 0 Å². The van der Waals surface area contributed by atoms with Crippen molar-refractivity contribution < 1.29 is 30.7 Å². The van der Waals surface area contributed by atoms with Crippen LogP contribution in [0.1, 0.15) is 11.4 Å². The first-order chi connectivity index (χ1) is 17.0. The molecule has 3 heterocycles. The molecule has 0 saturated heterocycles. The third kappa shape index (κ3) is 4.00. The van der Waals surface area contributed by atoms with E-state index in [1.807, 2.05) is 0 Å². The Morgan fingerprint density at radius 3 is 2.44 bits per heavy atom. The molecule has 0 bridgehead atoms.